The number of thiazole rings is 1. The average molecular weight is 459 g/mol. The molecule has 4 aromatic rings. The van der Waals surface area contributed by atoms with E-state index in [-0.39, 0.29) is 17.8 Å². The van der Waals surface area contributed by atoms with Gasteiger partial charge in [-0.3, -0.25) is 9.59 Å². The van der Waals surface area contributed by atoms with Gasteiger partial charge in [0.1, 0.15) is 10.8 Å². The number of ether oxygens (including phenoxy) is 2. The fourth-order valence-electron chi connectivity index (χ4n) is 3.23. The Morgan fingerprint density at radius 3 is 2.73 bits per heavy atom. The summed E-state index contributed by atoms with van der Waals surface area (Å²) in [5.74, 6) is 0.367. The number of hydrogen-bond acceptors (Lipinski definition) is 8. The fourth-order valence-corrected chi connectivity index (χ4v) is 4.06. The summed E-state index contributed by atoms with van der Waals surface area (Å²) in [6.07, 6.45) is 4.97. The highest BCUT2D eigenvalue weighted by atomic mass is 32.1. The van der Waals surface area contributed by atoms with Crippen LogP contribution in [0.3, 0.4) is 0 Å². The third kappa shape index (κ3) is 4.23. The molecule has 33 heavy (non-hydrogen) atoms. The number of anilines is 1. The van der Waals surface area contributed by atoms with Crippen LogP contribution in [0.1, 0.15) is 25.6 Å². The number of methoxy groups -OCH3 is 1. The smallest absolute Gasteiger partial charge is 0.316 e. The van der Waals surface area contributed by atoms with Gasteiger partial charge in [0.15, 0.2) is 5.75 Å². The molecular weight excluding hydrogens is 442 g/mol. The third-order valence-electron chi connectivity index (χ3n) is 4.88. The first-order chi connectivity index (χ1) is 16.1. The predicted octanol–water partition coefficient (Wildman–Crippen LogP) is 3.90. The summed E-state index contributed by atoms with van der Waals surface area (Å²) < 4.78 is 10.8. The molecule has 0 unspecified atom stereocenters. The first kappa shape index (κ1) is 20.6. The predicted molar refractivity (Wildman–Crippen MR) is 122 cm³/mol. The van der Waals surface area contributed by atoms with E-state index in [1.165, 1.54) is 18.4 Å². The quantitative estimate of drug-likeness (QED) is 0.465. The zero-order chi connectivity index (χ0) is 22.8. The summed E-state index contributed by atoms with van der Waals surface area (Å²) >= 11 is 1.43. The lowest BCUT2D eigenvalue weighted by molar-refractivity contribution is 0.0950. The minimum atomic E-state index is -0.290. The molecule has 2 N–H and O–H groups in total. The molecule has 2 aromatic carbocycles. The topological polar surface area (TPSA) is 115 Å². The lowest BCUT2D eigenvalue weighted by Crippen LogP contribution is -2.22. The van der Waals surface area contributed by atoms with E-state index in [2.05, 4.69) is 25.6 Å². The maximum Gasteiger partial charge on any atom is 0.316 e. The van der Waals surface area contributed by atoms with E-state index in [9.17, 15) is 9.59 Å². The van der Waals surface area contributed by atoms with Crippen molar-refractivity contribution in [3.63, 3.8) is 0 Å². The largest absolute Gasteiger partial charge is 0.467 e. The summed E-state index contributed by atoms with van der Waals surface area (Å²) in [5.41, 5.74) is 2.03. The molecule has 3 heterocycles. The van der Waals surface area contributed by atoms with Gasteiger partial charge in [0.25, 0.3) is 11.8 Å². The summed E-state index contributed by atoms with van der Waals surface area (Å²) in [7, 11) is 1.50. The van der Waals surface area contributed by atoms with Crippen molar-refractivity contribution in [1.29, 1.82) is 0 Å². The molecule has 10 heteroatoms. The summed E-state index contributed by atoms with van der Waals surface area (Å²) in [4.78, 5) is 38.6. The van der Waals surface area contributed by atoms with Crippen molar-refractivity contribution >= 4 is 28.8 Å². The van der Waals surface area contributed by atoms with Gasteiger partial charge in [0.05, 0.1) is 24.9 Å². The van der Waals surface area contributed by atoms with Crippen molar-refractivity contribution in [2.45, 2.75) is 6.54 Å². The van der Waals surface area contributed by atoms with Gasteiger partial charge in [-0.05, 0) is 30.3 Å². The first-order valence-corrected chi connectivity index (χ1v) is 10.7. The number of nitrogens with zero attached hydrogens (tertiary/aromatic N) is 3. The molecule has 1 aliphatic rings. The number of rotatable bonds is 5. The lowest BCUT2D eigenvalue weighted by Gasteiger charge is -2.10. The van der Waals surface area contributed by atoms with Crippen molar-refractivity contribution in [2.75, 3.05) is 12.4 Å². The molecule has 0 aliphatic carbocycles. The average Bonchev–Trinajstić information content (AvgIpc) is 3.27. The number of hydrogen-bond donors (Lipinski definition) is 2. The Kier molecular flexibility index (Phi) is 5.41. The van der Waals surface area contributed by atoms with Crippen LogP contribution in [-0.2, 0) is 6.54 Å². The Hall–Kier alpha value is -4.31. The van der Waals surface area contributed by atoms with Crippen LogP contribution in [0, 0.1) is 0 Å². The van der Waals surface area contributed by atoms with Crippen molar-refractivity contribution in [2.24, 2.45) is 0 Å². The Morgan fingerprint density at radius 1 is 1.09 bits per heavy atom. The van der Waals surface area contributed by atoms with E-state index < -0.39 is 0 Å². The number of fused-ring (bicyclic) bond motifs is 2. The van der Waals surface area contributed by atoms with E-state index in [0.29, 0.717) is 34.9 Å². The molecule has 2 aromatic heterocycles. The molecule has 0 spiro atoms. The van der Waals surface area contributed by atoms with Crippen LogP contribution in [0.2, 0.25) is 0 Å². The van der Waals surface area contributed by atoms with Gasteiger partial charge in [-0.1, -0.05) is 12.1 Å². The maximum absolute atomic E-state index is 12.7. The number of aromatic nitrogens is 3. The van der Waals surface area contributed by atoms with Gasteiger partial charge < -0.3 is 20.1 Å². The molecular formula is C23H17N5O4S. The summed E-state index contributed by atoms with van der Waals surface area (Å²) in [5, 5.41) is 6.42. The minimum absolute atomic E-state index is 0.281. The van der Waals surface area contributed by atoms with Crippen LogP contribution >= 0.6 is 11.3 Å². The van der Waals surface area contributed by atoms with Crippen LogP contribution in [-0.4, -0.2) is 33.9 Å². The zero-order valence-corrected chi connectivity index (χ0v) is 18.2. The maximum atomic E-state index is 12.7. The number of carbonyl (C=O) groups excluding carboxylic acids is 2. The van der Waals surface area contributed by atoms with E-state index in [0.717, 1.165) is 15.4 Å². The van der Waals surface area contributed by atoms with Crippen LogP contribution < -0.4 is 20.1 Å². The van der Waals surface area contributed by atoms with E-state index in [1.54, 1.807) is 61.1 Å². The minimum Gasteiger partial charge on any atom is -0.467 e. The number of amides is 2. The Labute approximate surface area is 192 Å². The molecule has 0 saturated heterocycles. The molecule has 0 saturated carbocycles. The number of carbonyl (C=O) groups is 2. The normalized spacial score (nSPS) is 12.0. The van der Waals surface area contributed by atoms with Gasteiger partial charge in [-0.25, -0.2) is 15.0 Å². The first-order valence-electron chi connectivity index (χ1n) is 9.92. The van der Waals surface area contributed by atoms with E-state index >= 15 is 0 Å². The standard InChI is InChI=1S/C23H17N5O4S/c1-31-23-26-9-14(10-27-23)22-25-12-15(33-22)11-24-20(29)13-6-7-19-17(8-13)28-21(30)16-4-2-3-5-18(16)32-19/h2-10,12H,11H2,1H3,(H,24,29)(H,28,30). The molecule has 164 valence electrons. The zero-order valence-electron chi connectivity index (χ0n) is 17.4. The van der Waals surface area contributed by atoms with Crippen molar-refractivity contribution in [3.05, 3.63) is 77.1 Å². The molecule has 0 bridgehead atoms. The number of para-hydroxylation sites is 1. The number of benzene rings is 2. The van der Waals surface area contributed by atoms with E-state index in [1.807, 2.05) is 0 Å². The van der Waals surface area contributed by atoms with Crippen LogP contribution in [0.15, 0.2) is 61.1 Å². The molecule has 1 aliphatic heterocycles. The Morgan fingerprint density at radius 2 is 1.91 bits per heavy atom. The molecule has 2 amide bonds. The van der Waals surface area contributed by atoms with E-state index in [4.69, 9.17) is 9.47 Å². The Bertz CT molecular complexity index is 1350. The monoisotopic (exact) mass is 459 g/mol. The van der Waals surface area contributed by atoms with Gasteiger partial charge >= 0.3 is 6.01 Å². The second kappa shape index (κ2) is 8.67. The second-order valence-corrected chi connectivity index (χ2v) is 8.15. The molecule has 5 rings (SSSR count). The summed E-state index contributed by atoms with van der Waals surface area (Å²) in [6, 6.07) is 12.2. The fraction of sp³-hybridized carbons (Fsp3) is 0.0870. The number of nitrogens with one attached hydrogen (secondary N) is 2. The molecule has 0 radical (unpaired) electrons. The highest BCUT2D eigenvalue weighted by Gasteiger charge is 2.21. The van der Waals surface area contributed by atoms with Crippen LogP contribution in [0.4, 0.5) is 5.69 Å². The van der Waals surface area contributed by atoms with Crippen molar-refractivity contribution < 1.29 is 19.1 Å². The van der Waals surface area contributed by atoms with Crippen molar-refractivity contribution in [3.8, 4) is 28.1 Å². The van der Waals surface area contributed by atoms with Gasteiger partial charge in [-0.2, -0.15) is 0 Å². The van der Waals surface area contributed by atoms with Gasteiger partial charge in [-0.15, -0.1) is 11.3 Å². The van der Waals surface area contributed by atoms with Crippen molar-refractivity contribution in [1.82, 2.24) is 20.3 Å². The van der Waals surface area contributed by atoms with Gasteiger partial charge in [0.2, 0.25) is 0 Å². The third-order valence-corrected chi connectivity index (χ3v) is 5.92. The van der Waals surface area contributed by atoms with Gasteiger partial charge in [0, 0.05) is 34.6 Å². The molecule has 9 nitrogen and oxygen atoms in total. The van der Waals surface area contributed by atoms with Crippen LogP contribution in [0.25, 0.3) is 10.6 Å². The molecule has 0 atom stereocenters. The molecule has 0 fully saturated rings. The second-order valence-electron chi connectivity index (χ2n) is 7.04. The SMILES string of the molecule is COc1ncc(-c2ncc(CNC(=O)c3ccc4c(c3)NC(=O)c3ccccc3O4)s2)cn1. The van der Waals surface area contributed by atoms with Crippen LogP contribution in [0.5, 0.6) is 17.5 Å². The Balaban J connectivity index is 1.27. The summed E-state index contributed by atoms with van der Waals surface area (Å²) in [6.45, 7) is 0.304. The lowest BCUT2D eigenvalue weighted by atomic mass is 10.1. The highest BCUT2D eigenvalue weighted by Crippen LogP contribution is 2.36. The highest BCUT2D eigenvalue weighted by molar-refractivity contribution is 7.15.